The number of amides is 3. The predicted octanol–water partition coefficient (Wildman–Crippen LogP) is 1.71. The molecule has 7 heteroatoms. The first-order chi connectivity index (χ1) is 13.6. The lowest BCUT2D eigenvalue weighted by Crippen LogP contribution is -2.51. The van der Waals surface area contributed by atoms with Crippen LogP contribution >= 0.6 is 0 Å². The molecule has 28 heavy (non-hydrogen) atoms. The Morgan fingerprint density at radius 1 is 1.04 bits per heavy atom. The SMILES string of the molecule is CCCCNC(=O)CN1CCN(C(=O)c2ccc(NC(=O)C3CC3)cc2)CC1. The Morgan fingerprint density at radius 3 is 2.32 bits per heavy atom. The van der Waals surface area contributed by atoms with Crippen LogP contribution in [0.3, 0.4) is 0 Å². The Bertz CT molecular complexity index is 692. The van der Waals surface area contributed by atoms with E-state index in [0.717, 1.165) is 37.9 Å². The molecule has 3 amide bonds. The lowest BCUT2D eigenvalue weighted by Gasteiger charge is -2.34. The van der Waals surface area contributed by atoms with E-state index in [1.165, 1.54) is 0 Å². The summed E-state index contributed by atoms with van der Waals surface area (Å²) >= 11 is 0. The maximum Gasteiger partial charge on any atom is 0.253 e. The second-order valence-corrected chi connectivity index (χ2v) is 7.61. The van der Waals surface area contributed by atoms with Gasteiger partial charge in [-0.2, -0.15) is 0 Å². The molecular weight excluding hydrogens is 356 g/mol. The van der Waals surface area contributed by atoms with Gasteiger partial charge < -0.3 is 15.5 Å². The minimum absolute atomic E-state index is 0.00730. The summed E-state index contributed by atoms with van der Waals surface area (Å²) in [4.78, 5) is 40.3. The minimum atomic E-state index is -0.00730. The highest BCUT2D eigenvalue weighted by molar-refractivity contribution is 5.96. The summed E-state index contributed by atoms with van der Waals surface area (Å²) in [6.45, 7) is 5.83. The van der Waals surface area contributed by atoms with Crippen molar-refractivity contribution in [2.45, 2.75) is 32.6 Å². The molecule has 0 bridgehead atoms. The average Bonchev–Trinajstić information content (AvgIpc) is 3.54. The van der Waals surface area contributed by atoms with Crippen LogP contribution < -0.4 is 10.6 Å². The summed E-state index contributed by atoms with van der Waals surface area (Å²) in [7, 11) is 0. The van der Waals surface area contributed by atoms with Crippen LogP contribution in [0.2, 0.25) is 0 Å². The van der Waals surface area contributed by atoms with Crippen molar-refractivity contribution in [2.75, 3.05) is 44.6 Å². The summed E-state index contributed by atoms with van der Waals surface area (Å²) < 4.78 is 0. The van der Waals surface area contributed by atoms with Gasteiger partial charge in [-0.15, -0.1) is 0 Å². The van der Waals surface area contributed by atoms with Gasteiger partial charge in [-0.25, -0.2) is 0 Å². The van der Waals surface area contributed by atoms with E-state index in [1.54, 1.807) is 24.3 Å². The molecular formula is C21H30N4O3. The smallest absolute Gasteiger partial charge is 0.253 e. The molecule has 2 aliphatic rings. The Morgan fingerprint density at radius 2 is 1.71 bits per heavy atom. The molecule has 7 nitrogen and oxygen atoms in total. The van der Waals surface area contributed by atoms with Crippen LogP contribution in [0.5, 0.6) is 0 Å². The molecule has 1 saturated heterocycles. The van der Waals surface area contributed by atoms with Gasteiger partial charge in [0.2, 0.25) is 11.8 Å². The summed E-state index contributed by atoms with van der Waals surface area (Å²) in [5.74, 6) is 0.268. The van der Waals surface area contributed by atoms with Gasteiger partial charge in [-0.3, -0.25) is 19.3 Å². The number of anilines is 1. The highest BCUT2D eigenvalue weighted by atomic mass is 16.2. The summed E-state index contributed by atoms with van der Waals surface area (Å²) in [5.41, 5.74) is 1.35. The van der Waals surface area contributed by atoms with E-state index in [4.69, 9.17) is 0 Å². The van der Waals surface area contributed by atoms with Gasteiger partial charge in [-0.1, -0.05) is 13.3 Å². The number of hydrogen-bond acceptors (Lipinski definition) is 4. The van der Waals surface area contributed by atoms with Gasteiger partial charge in [0.15, 0.2) is 0 Å². The zero-order valence-corrected chi connectivity index (χ0v) is 16.6. The zero-order chi connectivity index (χ0) is 19.9. The number of rotatable bonds is 8. The van der Waals surface area contributed by atoms with Crippen molar-refractivity contribution in [3.8, 4) is 0 Å². The fourth-order valence-corrected chi connectivity index (χ4v) is 3.24. The molecule has 2 N–H and O–H groups in total. The fraction of sp³-hybridized carbons (Fsp3) is 0.571. The minimum Gasteiger partial charge on any atom is -0.355 e. The van der Waals surface area contributed by atoms with Gasteiger partial charge in [0.25, 0.3) is 5.91 Å². The zero-order valence-electron chi connectivity index (χ0n) is 16.6. The number of unbranched alkanes of at least 4 members (excludes halogenated alkanes) is 1. The first-order valence-corrected chi connectivity index (χ1v) is 10.3. The highest BCUT2D eigenvalue weighted by Gasteiger charge is 2.29. The molecule has 1 aromatic rings. The van der Waals surface area contributed by atoms with Gasteiger partial charge in [0.05, 0.1) is 6.54 Å². The predicted molar refractivity (Wildman–Crippen MR) is 108 cm³/mol. The van der Waals surface area contributed by atoms with E-state index in [1.807, 2.05) is 4.90 Å². The third-order valence-electron chi connectivity index (χ3n) is 5.23. The molecule has 3 rings (SSSR count). The number of piperazine rings is 1. The molecule has 0 atom stereocenters. The third-order valence-corrected chi connectivity index (χ3v) is 5.23. The van der Waals surface area contributed by atoms with Gasteiger partial charge in [-0.05, 0) is 43.5 Å². The number of hydrogen-bond donors (Lipinski definition) is 2. The van der Waals surface area contributed by atoms with Crippen molar-refractivity contribution in [3.05, 3.63) is 29.8 Å². The molecule has 0 unspecified atom stereocenters. The maximum atomic E-state index is 12.7. The third kappa shape index (κ3) is 5.79. The topological polar surface area (TPSA) is 81.8 Å². The number of carbonyl (C=O) groups is 3. The van der Waals surface area contributed by atoms with E-state index in [9.17, 15) is 14.4 Å². The molecule has 0 radical (unpaired) electrons. The molecule has 0 aromatic heterocycles. The van der Waals surface area contributed by atoms with Crippen LogP contribution in [0.1, 0.15) is 43.0 Å². The molecule has 1 aliphatic heterocycles. The Kier molecular flexibility index (Phi) is 7.03. The van der Waals surface area contributed by atoms with E-state index in [2.05, 4.69) is 22.5 Å². The lowest BCUT2D eigenvalue weighted by atomic mass is 10.1. The van der Waals surface area contributed by atoms with Crippen LogP contribution in [0, 0.1) is 5.92 Å². The first kappa shape index (κ1) is 20.3. The molecule has 1 saturated carbocycles. The lowest BCUT2D eigenvalue weighted by molar-refractivity contribution is -0.122. The highest BCUT2D eigenvalue weighted by Crippen LogP contribution is 2.30. The van der Waals surface area contributed by atoms with Crippen molar-refractivity contribution in [1.29, 1.82) is 0 Å². The van der Waals surface area contributed by atoms with Crippen molar-refractivity contribution in [2.24, 2.45) is 5.92 Å². The Labute approximate surface area is 166 Å². The molecule has 152 valence electrons. The maximum absolute atomic E-state index is 12.7. The van der Waals surface area contributed by atoms with Crippen LogP contribution in [-0.2, 0) is 9.59 Å². The van der Waals surface area contributed by atoms with Crippen molar-refractivity contribution >= 4 is 23.4 Å². The Balaban J connectivity index is 1.43. The molecule has 0 spiro atoms. The van der Waals surface area contributed by atoms with E-state index in [-0.39, 0.29) is 23.6 Å². The van der Waals surface area contributed by atoms with Crippen molar-refractivity contribution in [1.82, 2.24) is 15.1 Å². The van der Waals surface area contributed by atoms with Gasteiger partial charge >= 0.3 is 0 Å². The van der Waals surface area contributed by atoms with Gasteiger partial charge in [0, 0.05) is 49.9 Å². The summed E-state index contributed by atoms with van der Waals surface area (Å²) in [6, 6.07) is 7.09. The normalized spacial score (nSPS) is 17.2. The quantitative estimate of drug-likeness (QED) is 0.667. The van der Waals surface area contributed by atoms with Crippen LogP contribution in [-0.4, -0.2) is 66.8 Å². The second-order valence-electron chi connectivity index (χ2n) is 7.61. The standard InChI is InChI=1S/C21H30N4O3/c1-2-3-10-22-19(26)15-24-11-13-25(14-12-24)21(28)17-6-8-18(9-7-17)23-20(27)16-4-5-16/h6-9,16H,2-5,10-15H2,1H3,(H,22,26)(H,23,27). The number of nitrogens with one attached hydrogen (secondary N) is 2. The van der Waals surface area contributed by atoms with Crippen LogP contribution in [0.15, 0.2) is 24.3 Å². The Hall–Kier alpha value is -2.41. The number of carbonyl (C=O) groups excluding carboxylic acids is 3. The molecule has 2 fully saturated rings. The fourth-order valence-electron chi connectivity index (χ4n) is 3.24. The van der Waals surface area contributed by atoms with E-state index in [0.29, 0.717) is 38.3 Å². The van der Waals surface area contributed by atoms with E-state index >= 15 is 0 Å². The van der Waals surface area contributed by atoms with Crippen molar-refractivity contribution < 1.29 is 14.4 Å². The van der Waals surface area contributed by atoms with Gasteiger partial charge in [0.1, 0.15) is 0 Å². The number of nitrogens with zero attached hydrogens (tertiary/aromatic N) is 2. The average molecular weight is 386 g/mol. The molecule has 1 heterocycles. The monoisotopic (exact) mass is 386 g/mol. The first-order valence-electron chi connectivity index (χ1n) is 10.3. The summed E-state index contributed by atoms with van der Waals surface area (Å²) in [5, 5.41) is 5.81. The summed E-state index contributed by atoms with van der Waals surface area (Å²) in [6.07, 6.45) is 4.00. The van der Waals surface area contributed by atoms with E-state index < -0.39 is 0 Å². The molecule has 1 aliphatic carbocycles. The van der Waals surface area contributed by atoms with Crippen LogP contribution in [0.4, 0.5) is 5.69 Å². The van der Waals surface area contributed by atoms with Crippen LogP contribution in [0.25, 0.3) is 0 Å². The second kappa shape index (κ2) is 9.68. The number of benzene rings is 1. The molecule has 1 aromatic carbocycles. The largest absolute Gasteiger partial charge is 0.355 e. The van der Waals surface area contributed by atoms with Crippen molar-refractivity contribution in [3.63, 3.8) is 0 Å².